The zero-order valence-corrected chi connectivity index (χ0v) is 16.3. The number of nitrogens with zero attached hydrogens (tertiary/aromatic N) is 1. The molecule has 1 atom stereocenters. The van der Waals surface area contributed by atoms with Crippen LogP contribution in [0.2, 0.25) is 5.15 Å². The van der Waals surface area contributed by atoms with Gasteiger partial charge in [-0.15, -0.1) is 0 Å². The number of methoxy groups -OCH3 is 1. The number of benzene rings is 1. The number of aliphatic hydroxyl groups is 1. The lowest BCUT2D eigenvalue weighted by Crippen LogP contribution is -2.24. The summed E-state index contributed by atoms with van der Waals surface area (Å²) in [5.74, 6) is -0.00272. The molecule has 7 heteroatoms. The quantitative estimate of drug-likeness (QED) is 0.515. The van der Waals surface area contributed by atoms with Gasteiger partial charge in [-0.05, 0) is 51.1 Å². The number of H-pyrrole nitrogens is 1. The molecule has 6 nitrogen and oxygen atoms in total. The number of hydrogen-bond donors (Lipinski definition) is 2. The van der Waals surface area contributed by atoms with Crippen molar-refractivity contribution in [3.8, 4) is 5.75 Å². The highest BCUT2D eigenvalue weighted by molar-refractivity contribution is 6.29. The standard InChI is InChI=1S/C20H21ClN2O4/c1-20(2,3)27-19(25)11-5-7-15(26-4)13(9-11)17(24)14-10-22-18-12(14)6-8-16(21)23-18/h5-10,17,24H,1-4H3,(H,22,23). The molecule has 0 amide bonds. The molecule has 0 saturated heterocycles. The molecular formula is C20H21ClN2O4. The topological polar surface area (TPSA) is 84.4 Å². The van der Waals surface area contributed by atoms with E-state index in [-0.39, 0.29) is 0 Å². The molecule has 3 aromatic rings. The summed E-state index contributed by atoms with van der Waals surface area (Å²) in [5.41, 5.74) is 1.35. The Balaban J connectivity index is 2.03. The average Bonchev–Trinajstić information content (AvgIpc) is 3.02. The number of nitrogens with one attached hydrogen (secondary N) is 1. The lowest BCUT2D eigenvalue weighted by molar-refractivity contribution is 0.00693. The fourth-order valence-corrected chi connectivity index (χ4v) is 2.96. The monoisotopic (exact) mass is 388 g/mol. The molecule has 27 heavy (non-hydrogen) atoms. The Hall–Kier alpha value is -2.57. The van der Waals surface area contributed by atoms with Crippen LogP contribution in [0.15, 0.2) is 36.5 Å². The van der Waals surface area contributed by atoms with E-state index in [2.05, 4.69) is 9.97 Å². The fourth-order valence-electron chi connectivity index (χ4n) is 2.81. The van der Waals surface area contributed by atoms with E-state index in [9.17, 15) is 9.90 Å². The third kappa shape index (κ3) is 4.07. The SMILES string of the molecule is COc1ccc(C(=O)OC(C)(C)C)cc1C(O)c1c[nH]c2nc(Cl)ccc12. The van der Waals surface area contributed by atoms with Gasteiger partial charge in [0, 0.05) is 22.7 Å². The first-order valence-electron chi connectivity index (χ1n) is 8.42. The predicted molar refractivity (Wildman–Crippen MR) is 103 cm³/mol. The molecule has 2 heterocycles. The van der Waals surface area contributed by atoms with Crippen LogP contribution in [0.1, 0.15) is 48.4 Å². The normalized spacial score (nSPS) is 12.8. The molecule has 0 radical (unpaired) electrons. The van der Waals surface area contributed by atoms with Crippen LogP contribution >= 0.6 is 11.6 Å². The molecule has 2 N–H and O–H groups in total. The van der Waals surface area contributed by atoms with Crippen LogP contribution in [0, 0.1) is 0 Å². The van der Waals surface area contributed by atoms with Gasteiger partial charge in [0.1, 0.15) is 28.3 Å². The van der Waals surface area contributed by atoms with Gasteiger partial charge in [-0.3, -0.25) is 0 Å². The second-order valence-electron chi connectivity index (χ2n) is 7.14. The zero-order valence-electron chi connectivity index (χ0n) is 15.5. The van der Waals surface area contributed by atoms with Crippen molar-refractivity contribution in [3.05, 3.63) is 58.4 Å². The second-order valence-corrected chi connectivity index (χ2v) is 7.52. The minimum Gasteiger partial charge on any atom is -0.496 e. The van der Waals surface area contributed by atoms with Gasteiger partial charge in [-0.1, -0.05) is 11.6 Å². The summed E-state index contributed by atoms with van der Waals surface area (Å²) in [6.07, 6.45) is 0.636. The number of fused-ring (bicyclic) bond motifs is 1. The molecule has 0 aliphatic heterocycles. The van der Waals surface area contributed by atoms with Crippen LogP contribution in [0.4, 0.5) is 0 Å². The molecule has 0 aliphatic carbocycles. The van der Waals surface area contributed by atoms with Crippen LogP contribution < -0.4 is 4.74 Å². The number of carbonyl (C=O) groups excluding carboxylic acids is 1. The number of carbonyl (C=O) groups is 1. The number of ether oxygens (including phenoxy) is 2. The second kappa shape index (κ2) is 7.21. The van der Waals surface area contributed by atoms with Crippen molar-refractivity contribution in [1.29, 1.82) is 0 Å². The van der Waals surface area contributed by atoms with E-state index < -0.39 is 17.7 Å². The summed E-state index contributed by atoms with van der Waals surface area (Å²) < 4.78 is 10.8. The third-order valence-corrected chi connectivity index (χ3v) is 4.20. The third-order valence-electron chi connectivity index (χ3n) is 3.99. The van der Waals surface area contributed by atoms with Crippen LogP contribution in [0.25, 0.3) is 11.0 Å². The Labute approximate surface area is 162 Å². The molecule has 3 rings (SSSR count). The highest BCUT2D eigenvalue weighted by atomic mass is 35.5. The predicted octanol–water partition coefficient (Wildman–Crippen LogP) is 4.26. The Kier molecular flexibility index (Phi) is 5.13. The van der Waals surface area contributed by atoms with Crippen LogP contribution in [0.3, 0.4) is 0 Å². The molecule has 0 bridgehead atoms. The maximum absolute atomic E-state index is 12.4. The molecule has 0 fully saturated rings. The largest absolute Gasteiger partial charge is 0.496 e. The number of aromatic amines is 1. The van der Waals surface area contributed by atoms with E-state index in [0.717, 1.165) is 5.39 Å². The fraction of sp³-hybridized carbons (Fsp3) is 0.300. The van der Waals surface area contributed by atoms with E-state index in [1.165, 1.54) is 7.11 Å². The number of pyridine rings is 1. The van der Waals surface area contributed by atoms with Crippen molar-refractivity contribution >= 4 is 28.6 Å². The number of hydrogen-bond acceptors (Lipinski definition) is 5. The zero-order chi connectivity index (χ0) is 19.8. The van der Waals surface area contributed by atoms with Gasteiger partial charge in [-0.2, -0.15) is 0 Å². The van der Waals surface area contributed by atoms with E-state index in [4.69, 9.17) is 21.1 Å². The van der Waals surface area contributed by atoms with Crippen LogP contribution in [0.5, 0.6) is 5.75 Å². The number of aromatic nitrogens is 2. The Morgan fingerprint density at radius 3 is 2.63 bits per heavy atom. The number of aliphatic hydroxyl groups excluding tert-OH is 1. The summed E-state index contributed by atoms with van der Waals surface area (Å²) in [6, 6.07) is 8.27. The minimum atomic E-state index is -1.03. The summed E-state index contributed by atoms with van der Waals surface area (Å²) in [7, 11) is 1.51. The van der Waals surface area contributed by atoms with Crippen molar-refractivity contribution in [1.82, 2.24) is 9.97 Å². The molecule has 0 aliphatic rings. The summed E-state index contributed by atoms with van der Waals surface area (Å²) in [5, 5.41) is 12.1. The van der Waals surface area contributed by atoms with E-state index in [1.807, 2.05) is 0 Å². The van der Waals surface area contributed by atoms with Gasteiger partial charge in [0.15, 0.2) is 0 Å². The van der Waals surface area contributed by atoms with Gasteiger partial charge in [0.05, 0.1) is 12.7 Å². The van der Waals surface area contributed by atoms with Crippen molar-refractivity contribution in [2.24, 2.45) is 0 Å². The highest BCUT2D eigenvalue weighted by Gasteiger charge is 2.23. The first-order chi connectivity index (χ1) is 12.7. The van der Waals surface area contributed by atoms with Crippen molar-refractivity contribution in [2.75, 3.05) is 7.11 Å². The van der Waals surface area contributed by atoms with Gasteiger partial charge >= 0.3 is 5.97 Å². The maximum atomic E-state index is 12.4. The van der Waals surface area contributed by atoms with E-state index >= 15 is 0 Å². The summed E-state index contributed by atoms with van der Waals surface area (Å²) in [6.45, 7) is 5.40. The molecule has 1 unspecified atom stereocenters. The summed E-state index contributed by atoms with van der Waals surface area (Å²) >= 11 is 5.92. The average molecular weight is 389 g/mol. The van der Waals surface area contributed by atoms with E-state index in [0.29, 0.717) is 33.2 Å². The number of rotatable bonds is 4. The first-order valence-corrected chi connectivity index (χ1v) is 8.80. The van der Waals surface area contributed by atoms with Crippen molar-refractivity contribution < 1.29 is 19.4 Å². The molecule has 1 aromatic carbocycles. The smallest absolute Gasteiger partial charge is 0.338 e. The molecule has 142 valence electrons. The van der Waals surface area contributed by atoms with E-state index in [1.54, 1.807) is 57.3 Å². The number of halogens is 1. The molecular weight excluding hydrogens is 368 g/mol. The van der Waals surface area contributed by atoms with Crippen LogP contribution in [-0.4, -0.2) is 33.8 Å². The minimum absolute atomic E-state index is 0.334. The lowest BCUT2D eigenvalue weighted by Gasteiger charge is -2.20. The first kappa shape index (κ1) is 19.2. The van der Waals surface area contributed by atoms with Gasteiger partial charge in [0.25, 0.3) is 0 Å². The summed E-state index contributed by atoms with van der Waals surface area (Å²) in [4.78, 5) is 19.6. The molecule has 0 saturated carbocycles. The van der Waals surface area contributed by atoms with Gasteiger partial charge in [0.2, 0.25) is 0 Å². The Morgan fingerprint density at radius 1 is 1.22 bits per heavy atom. The lowest BCUT2D eigenvalue weighted by atomic mass is 9.98. The highest BCUT2D eigenvalue weighted by Crippen LogP contribution is 2.34. The Bertz CT molecular complexity index is 991. The van der Waals surface area contributed by atoms with Crippen molar-refractivity contribution in [2.45, 2.75) is 32.5 Å². The van der Waals surface area contributed by atoms with Gasteiger partial charge in [-0.25, -0.2) is 9.78 Å². The van der Waals surface area contributed by atoms with Gasteiger partial charge < -0.3 is 19.6 Å². The van der Waals surface area contributed by atoms with Crippen molar-refractivity contribution in [3.63, 3.8) is 0 Å². The molecule has 2 aromatic heterocycles. The Morgan fingerprint density at radius 2 is 1.96 bits per heavy atom. The maximum Gasteiger partial charge on any atom is 0.338 e. The van der Waals surface area contributed by atoms with Crippen LogP contribution in [-0.2, 0) is 4.74 Å². The molecule has 0 spiro atoms. The number of esters is 1.